The van der Waals surface area contributed by atoms with Gasteiger partial charge in [0, 0.05) is 25.1 Å². The first-order chi connectivity index (χ1) is 9.77. The van der Waals surface area contributed by atoms with E-state index in [1.165, 1.54) is 25.3 Å². The summed E-state index contributed by atoms with van der Waals surface area (Å²) in [7, 11) is -2.66. The zero-order valence-corrected chi connectivity index (χ0v) is 13.3. The van der Waals surface area contributed by atoms with Crippen molar-refractivity contribution in [2.75, 3.05) is 13.7 Å². The minimum atomic E-state index is -4.07. The van der Waals surface area contributed by atoms with Crippen LogP contribution in [0.2, 0.25) is 10.0 Å². The molecule has 1 heterocycles. The number of carbonyl (C=O) groups is 1. The van der Waals surface area contributed by atoms with Crippen LogP contribution in [0.1, 0.15) is 6.42 Å². The van der Waals surface area contributed by atoms with Crippen molar-refractivity contribution < 1.29 is 23.1 Å². The Morgan fingerprint density at radius 2 is 2.10 bits per heavy atom. The Morgan fingerprint density at radius 3 is 2.67 bits per heavy atom. The number of carboxylic acids is 1. The Hall–Kier alpha value is -0.860. The highest BCUT2D eigenvalue weighted by atomic mass is 35.5. The van der Waals surface area contributed by atoms with Crippen molar-refractivity contribution >= 4 is 39.2 Å². The highest BCUT2D eigenvalue weighted by Crippen LogP contribution is 2.32. The van der Waals surface area contributed by atoms with Crippen molar-refractivity contribution in [1.82, 2.24) is 4.31 Å². The number of sulfonamides is 1. The van der Waals surface area contributed by atoms with Crippen LogP contribution in [0.4, 0.5) is 0 Å². The van der Waals surface area contributed by atoms with E-state index in [4.69, 9.17) is 27.9 Å². The first kappa shape index (κ1) is 16.5. The molecule has 1 aliphatic rings. The van der Waals surface area contributed by atoms with Crippen molar-refractivity contribution in [2.45, 2.75) is 23.5 Å². The second-order valence-corrected chi connectivity index (χ2v) is 7.30. The van der Waals surface area contributed by atoms with E-state index >= 15 is 0 Å². The third kappa shape index (κ3) is 3.17. The molecule has 2 rings (SSSR count). The highest BCUT2D eigenvalue weighted by Gasteiger charge is 2.44. The van der Waals surface area contributed by atoms with Crippen molar-refractivity contribution in [3.63, 3.8) is 0 Å². The molecule has 0 aliphatic carbocycles. The molecule has 1 aliphatic heterocycles. The molecule has 0 amide bonds. The molecule has 1 saturated heterocycles. The van der Waals surface area contributed by atoms with E-state index in [1.54, 1.807) is 0 Å². The zero-order valence-electron chi connectivity index (χ0n) is 11.0. The first-order valence-corrected chi connectivity index (χ1v) is 8.19. The van der Waals surface area contributed by atoms with Gasteiger partial charge in [-0.05, 0) is 18.2 Å². The minimum absolute atomic E-state index is 0.00981. The predicted octanol–water partition coefficient (Wildman–Crippen LogP) is 1.86. The summed E-state index contributed by atoms with van der Waals surface area (Å²) in [5, 5.41) is 9.40. The van der Waals surface area contributed by atoms with Crippen LogP contribution in [0.15, 0.2) is 23.1 Å². The molecule has 0 saturated carbocycles. The van der Waals surface area contributed by atoms with Crippen molar-refractivity contribution in [2.24, 2.45) is 0 Å². The normalized spacial score (nSPS) is 23.4. The van der Waals surface area contributed by atoms with Gasteiger partial charge in [-0.3, -0.25) is 4.79 Å². The maximum atomic E-state index is 12.6. The fourth-order valence-corrected chi connectivity index (χ4v) is 4.59. The summed E-state index contributed by atoms with van der Waals surface area (Å²) >= 11 is 11.7. The fourth-order valence-electron chi connectivity index (χ4n) is 2.23. The number of nitrogens with zero attached hydrogens (tertiary/aromatic N) is 1. The molecule has 1 aromatic rings. The van der Waals surface area contributed by atoms with Crippen LogP contribution in [0.3, 0.4) is 0 Å². The first-order valence-electron chi connectivity index (χ1n) is 6.00. The summed E-state index contributed by atoms with van der Waals surface area (Å²) in [6, 6.07) is 2.84. The van der Waals surface area contributed by atoms with E-state index in [1.807, 2.05) is 0 Å². The number of methoxy groups -OCH3 is 1. The van der Waals surface area contributed by atoms with Crippen molar-refractivity contribution in [3.05, 3.63) is 28.2 Å². The van der Waals surface area contributed by atoms with Gasteiger partial charge in [-0.2, -0.15) is 4.31 Å². The van der Waals surface area contributed by atoms with E-state index in [2.05, 4.69) is 0 Å². The topological polar surface area (TPSA) is 83.9 Å². The number of aliphatic carboxylic acids is 1. The van der Waals surface area contributed by atoms with Crippen LogP contribution in [0.25, 0.3) is 0 Å². The summed E-state index contributed by atoms with van der Waals surface area (Å²) in [4.78, 5) is 11.1. The molecule has 6 nitrogen and oxygen atoms in total. The molecule has 21 heavy (non-hydrogen) atoms. The summed E-state index contributed by atoms with van der Waals surface area (Å²) < 4.78 is 31.3. The van der Waals surface area contributed by atoms with Gasteiger partial charge in [-0.25, -0.2) is 8.42 Å². The molecule has 0 spiro atoms. The molecule has 1 N–H and O–H groups in total. The van der Waals surface area contributed by atoms with Crippen LogP contribution in [-0.2, 0) is 19.6 Å². The van der Waals surface area contributed by atoms with Gasteiger partial charge in [-0.15, -0.1) is 0 Å². The maximum Gasteiger partial charge on any atom is 0.322 e. The van der Waals surface area contributed by atoms with Gasteiger partial charge in [-0.1, -0.05) is 23.2 Å². The highest BCUT2D eigenvalue weighted by molar-refractivity contribution is 7.89. The Balaban J connectivity index is 2.47. The second-order valence-electron chi connectivity index (χ2n) is 4.60. The Morgan fingerprint density at radius 1 is 1.43 bits per heavy atom. The summed E-state index contributed by atoms with van der Waals surface area (Å²) in [5.41, 5.74) is 0. The number of benzene rings is 1. The lowest BCUT2D eigenvalue weighted by atomic mass is 10.2. The van der Waals surface area contributed by atoms with Crippen molar-refractivity contribution in [1.29, 1.82) is 0 Å². The van der Waals surface area contributed by atoms with Gasteiger partial charge in [0.15, 0.2) is 0 Å². The maximum absolute atomic E-state index is 12.6. The second kappa shape index (κ2) is 6.10. The molecule has 0 radical (unpaired) electrons. The lowest BCUT2D eigenvalue weighted by molar-refractivity contribution is -0.140. The van der Waals surface area contributed by atoms with E-state index < -0.39 is 28.1 Å². The van der Waals surface area contributed by atoms with Gasteiger partial charge in [0.2, 0.25) is 10.0 Å². The van der Waals surface area contributed by atoms with Gasteiger partial charge < -0.3 is 9.84 Å². The Labute approximate surface area is 132 Å². The number of rotatable bonds is 4. The lowest BCUT2D eigenvalue weighted by Gasteiger charge is -2.21. The molecule has 2 atom stereocenters. The van der Waals surface area contributed by atoms with Gasteiger partial charge in [0.25, 0.3) is 0 Å². The molecule has 1 aromatic carbocycles. The third-order valence-corrected chi connectivity index (χ3v) is 5.91. The smallest absolute Gasteiger partial charge is 0.322 e. The fraction of sp³-hybridized carbons (Fsp3) is 0.417. The quantitative estimate of drug-likeness (QED) is 0.892. The number of carboxylic acid groups (broad SMARTS) is 1. The monoisotopic (exact) mass is 353 g/mol. The molecule has 9 heteroatoms. The Kier molecular flexibility index (Phi) is 4.79. The summed E-state index contributed by atoms with van der Waals surface area (Å²) in [6.07, 6.45) is -0.387. The zero-order chi connectivity index (χ0) is 15.8. The number of ether oxygens (including phenoxy) is 1. The van der Waals surface area contributed by atoms with Gasteiger partial charge in [0.1, 0.15) is 10.9 Å². The Bertz CT molecular complexity index is 664. The number of hydrogen-bond donors (Lipinski definition) is 1. The minimum Gasteiger partial charge on any atom is -0.480 e. The van der Waals surface area contributed by atoms with Crippen LogP contribution >= 0.6 is 23.2 Å². The van der Waals surface area contributed by atoms with Crippen LogP contribution < -0.4 is 0 Å². The third-order valence-electron chi connectivity index (χ3n) is 3.32. The van der Waals surface area contributed by atoms with Crippen LogP contribution in [0, 0.1) is 0 Å². The average molecular weight is 354 g/mol. The SMILES string of the molecule is COC1CC(C(=O)O)N(S(=O)(=O)c2cc(Cl)ccc2Cl)C1. The van der Waals surface area contributed by atoms with Gasteiger partial charge in [0.05, 0.1) is 11.1 Å². The number of halogens is 2. The molecule has 2 unspecified atom stereocenters. The molecular weight excluding hydrogens is 341 g/mol. The summed E-state index contributed by atoms with van der Waals surface area (Å²) in [5.74, 6) is -1.23. The van der Waals surface area contributed by atoms with Gasteiger partial charge >= 0.3 is 5.97 Å². The van der Waals surface area contributed by atoms with E-state index in [0.29, 0.717) is 0 Å². The lowest BCUT2D eigenvalue weighted by Crippen LogP contribution is -2.40. The van der Waals surface area contributed by atoms with E-state index in [0.717, 1.165) is 4.31 Å². The number of hydrogen-bond acceptors (Lipinski definition) is 4. The van der Waals surface area contributed by atoms with Crippen molar-refractivity contribution in [3.8, 4) is 0 Å². The van der Waals surface area contributed by atoms with E-state index in [9.17, 15) is 18.3 Å². The van der Waals surface area contributed by atoms with E-state index in [-0.39, 0.29) is 27.9 Å². The molecule has 116 valence electrons. The molecule has 1 fully saturated rings. The standard InChI is InChI=1S/C12H13Cl2NO5S/c1-20-8-5-10(12(16)17)15(6-8)21(18,19)11-4-7(13)2-3-9(11)14/h2-4,8,10H,5-6H2,1H3,(H,16,17). The largest absolute Gasteiger partial charge is 0.480 e. The molecule has 0 bridgehead atoms. The van der Waals surface area contributed by atoms with Crippen LogP contribution in [0.5, 0.6) is 0 Å². The van der Waals surface area contributed by atoms with Crippen LogP contribution in [-0.4, -0.2) is 49.6 Å². The predicted molar refractivity (Wildman–Crippen MR) is 77.2 cm³/mol. The average Bonchev–Trinajstić information content (AvgIpc) is 2.86. The summed E-state index contributed by atoms with van der Waals surface area (Å²) in [6.45, 7) is -0.0430. The molecule has 0 aromatic heterocycles. The molecular formula is C12H13Cl2NO5S.